The first-order chi connectivity index (χ1) is 17.1. The molecule has 0 radical (unpaired) electrons. The van der Waals surface area contributed by atoms with Crippen LogP contribution in [0.25, 0.3) is 33.2 Å². The molecule has 0 aromatic carbocycles. The summed E-state index contributed by atoms with van der Waals surface area (Å²) in [5.41, 5.74) is 4.58. The van der Waals surface area contributed by atoms with Crippen molar-refractivity contribution in [3.05, 3.63) is 24.2 Å². The first-order valence-electron chi connectivity index (χ1n) is 12.2. The highest BCUT2D eigenvalue weighted by Gasteiger charge is 2.31. The van der Waals surface area contributed by atoms with Gasteiger partial charge in [0.2, 0.25) is 5.88 Å². The van der Waals surface area contributed by atoms with Crippen molar-refractivity contribution in [1.82, 2.24) is 29.5 Å². The summed E-state index contributed by atoms with van der Waals surface area (Å²) in [4.78, 5) is 9.48. The lowest BCUT2D eigenvalue weighted by atomic mass is 9.92. The van der Waals surface area contributed by atoms with Gasteiger partial charge >= 0.3 is 0 Å². The monoisotopic (exact) mass is 512 g/mol. The minimum absolute atomic E-state index is 0.00786. The van der Waals surface area contributed by atoms with Gasteiger partial charge in [-0.25, -0.2) is 18.1 Å². The number of pyridine rings is 2. The third-order valence-corrected chi connectivity index (χ3v) is 8.06. The summed E-state index contributed by atoms with van der Waals surface area (Å²) in [5.74, 6) is 0.699. The highest BCUT2D eigenvalue weighted by molar-refractivity contribution is 7.91. The van der Waals surface area contributed by atoms with Gasteiger partial charge in [-0.1, -0.05) is 5.21 Å². The van der Waals surface area contributed by atoms with Crippen LogP contribution in [0.3, 0.4) is 0 Å². The van der Waals surface area contributed by atoms with Gasteiger partial charge < -0.3 is 14.0 Å². The SMILES string of the molecule is Cc1nnn(C)c1-c1cnc2c3c(OC(C)C)ncc(S(C)(=O)=O)c3n([C@H](C)C3CCOCC3)c2c1. The summed E-state index contributed by atoms with van der Waals surface area (Å²) in [5, 5.41) is 8.96. The number of aryl methyl sites for hydroxylation is 2. The lowest BCUT2D eigenvalue weighted by Gasteiger charge is -2.30. The fourth-order valence-corrected chi connectivity index (χ4v) is 6.07. The van der Waals surface area contributed by atoms with Crippen molar-refractivity contribution in [2.75, 3.05) is 19.5 Å². The Kier molecular flexibility index (Phi) is 6.24. The lowest BCUT2D eigenvalue weighted by molar-refractivity contribution is 0.0524. The lowest BCUT2D eigenvalue weighted by Crippen LogP contribution is -2.24. The summed E-state index contributed by atoms with van der Waals surface area (Å²) < 4.78 is 41.5. The molecule has 1 aliphatic heterocycles. The second kappa shape index (κ2) is 9.11. The minimum atomic E-state index is -3.59. The molecular weight excluding hydrogens is 480 g/mol. The fraction of sp³-hybridized carbons (Fsp3) is 0.520. The number of ether oxygens (including phenoxy) is 2. The molecule has 5 heterocycles. The van der Waals surface area contributed by atoms with Gasteiger partial charge in [0.25, 0.3) is 0 Å². The Hall–Kier alpha value is -3.05. The van der Waals surface area contributed by atoms with Crippen LogP contribution in [-0.2, 0) is 21.6 Å². The molecule has 0 spiro atoms. The van der Waals surface area contributed by atoms with Crippen molar-refractivity contribution in [1.29, 1.82) is 0 Å². The van der Waals surface area contributed by atoms with Crippen LogP contribution in [0.4, 0.5) is 0 Å². The fourth-order valence-electron chi connectivity index (χ4n) is 5.27. The molecule has 1 fully saturated rings. The molecule has 11 heteroatoms. The van der Waals surface area contributed by atoms with E-state index in [1.807, 2.05) is 27.8 Å². The van der Waals surface area contributed by atoms with Crippen LogP contribution < -0.4 is 4.74 Å². The van der Waals surface area contributed by atoms with Crippen molar-refractivity contribution >= 4 is 31.8 Å². The van der Waals surface area contributed by atoms with Crippen LogP contribution in [0.2, 0.25) is 0 Å². The third-order valence-electron chi connectivity index (χ3n) is 6.96. The average Bonchev–Trinajstić information content (AvgIpc) is 3.34. The van der Waals surface area contributed by atoms with E-state index in [2.05, 4.69) is 32.9 Å². The predicted octanol–water partition coefficient (Wildman–Crippen LogP) is 3.87. The first-order valence-corrected chi connectivity index (χ1v) is 14.1. The van der Waals surface area contributed by atoms with Gasteiger partial charge in [-0.3, -0.25) is 4.98 Å². The highest BCUT2D eigenvalue weighted by Crippen LogP contribution is 2.42. The number of aromatic nitrogens is 6. The van der Waals surface area contributed by atoms with Crippen LogP contribution >= 0.6 is 0 Å². The molecule has 0 N–H and O–H groups in total. The van der Waals surface area contributed by atoms with Gasteiger partial charge in [-0.2, -0.15) is 0 Å². The van der Waals surface area contributed by atoms with Gasteiger partial charge in [0.05, 0.1) is 40.1 Å². The second-order valence-corrected chi connectivity index (χ2v) is 11.9. The summed E-state index contributed by atoms with van der Waals surface area (Å²) in [6.45, 7) is 9.29. The Morgan fingerprint density at radius 2 is 1.86 bits per heavy atom. The van der Waals surface area contributed by atoms with Gasteiger partial charge in [0.1, 0.15) is 10.4 Å². The maximum atomic E-state index is 13.0. The zero-order valence-corrected chi connectivity index (χ0v) is 22.3. The minimum Gasteiger partial charge on any atom is -0.474 e. The van der Waals surface area contributed by atoms with Crippen molar-refractivity contribution in [3.8, 4) is 17.1 Å². The normalized spacial score (nSPS) is 16.3. The van der Waals surface area contributed by atoms with Crippen LogP contribution in [-0.4, -0.2) is 63.5 Å². The van der Waals surface area contributed by atoms with E-state index >= 15 is 0 Å². The Bertz CT molecular complexity index is 1530. The Balaban J connectivity index is 1.90. The van der Waals surface area contributed by atoms with Crippen LogP contribution in [0, 0.1) is 12.8 Å². The van der Waals surface area contributed by atoms with E-state index in [1.54, 1.807) is 10.9 Å². The van der Waals surface area contributed by atoms with Crippen LogP contribution in [0.1, 0.15) is 45.3 Å². The number of hydrogen-bond acceptors (Lipinski definition) is 8. The van der Waals surface area contributed by atoms with Gasteiger partial charge in [0.15, 0.2) is 9.84 Å². The van der Waals surface area contributed by atoms with Crippen LogP contribution in [0.15, 0.2) is 23.4 Å². The molecule has 0 saturated carbocycles. The quantitative estimate of drug-likeness (QED) is 0.383. The van der Waals surface area contributed by atoms with E-state index in [-0.39, 0.29) is 17.0 Å². The molecule has 10 nitrogen and oxygen atoms in total. The number of hydrogen-bond donors (Lipinski definition) is 0. The maximum absolute atomic E-state index is 13.0. The predicted molar refractivity (Wildman–Crippen MR) is 137 cm³/mol. The molecule has 0 unspecified atom stereocenters. The van der Waals surface area contributed by atoms with Crippen LogP contribution in [0.5, 0.6) is 5.88 Å². The molecular formula is C25H32N6O4S. The summed E-state index contributed by atoms with van der Waals surface area (Å²) >= 11 is 0. The number of sulfone groups is 1. The average molecular weight is 513 g/mol. The number of rotatable bonds is 6. The van der Waals surface area contributed by atoms with Gasteiger partial charge in [0, 0.05) is 44.3 Å². The topological polar surface area (TPSA) is 114 Å². The van der Waals surface area contributed by atoms with E-state index in [4.69, 9.17) is 14.5 Å². The number of nitrogens with zero attached hydrogens (tertiary/aromatic N) is 6. The van der Waals surface area contributed by atoms with Gasteiger partial charge in [-0.15, -0.1) is 5.10 Å². The van der Waals surface area contributed by atoms with Crippen molar-refractivity contribution in [3.63, 3.8) is 0 Å². The molecule has 0 amide bonds. The van der Waals surface area contributed by atoms with E-state index in [0.717, 1.165) is 35.3 Å². The second-order valence-electron chi connectivity index (χ2n) is 9.89. The Morgan fingerprint density at radius 3 is 2.47 bits per heavy atom. The molecule has 4 aromatic heterocycles. The van der Waals surface area contributed by atoms with Crippen molar-refractivity contribution in [2.24, 2.45) is 13.0 Å². The smallest absolute Gasteiger partial charge is 0.225 e. The zero-order valence-electron chi connectivity index (χ0n) is 21.5. The molecule has 0 bridgehead atoms. The largest absolute Gasteiger partial charge is 0.474 e. The van der Waals surface area contributed by atoms with Crippen molar-refractivity contribution < 1.29 is 17.9 Å². The van der Waals surface area contributed by atoms with Gasteiger partial charge in [-0.05, 0) is 52.5 Å². The molecule has 36 heavy (non-hydrogen) atoms. The number of fused-ring (bicyclic) bond motifs is 3. The molecule has 1 aliphatic rings. The molecule has 0 aliphatic carbocycles. The van der Waals surface area contributed by atoms with Crippen molar-refractivity contribution in [2.45, 2.75) is 57.6 Å². The molecule has 1 saturated heterocycles. The highest BCUT2D eigenvalue weighted by atomic mass is 32.2. The molecule has 5 rings (SSSR count). The summed E-state index contributed by atoms with van der Waals surface area (Å²) in [6.07, 6.45) is 6.07. The molecule has 1 atom stereocenters. The van der Waals surface area contributed by atoms with E-state index in [1.165, 1.54) is 12.5 Å². The van der Waals surface area contributed by atoms with E-state index in [9.17, 15) is 8.42 Å². The first kappa shape index (κ1) is 24.6. The summed E-state index contributed by atoms with van der Waals surface area (Å²) in [6, 6.07) is 2.04. The maximum Gasteiger partial charge on any atom is 0.225 e. The Labute approximate surface area is 210 Å². The third kappa shape index (κ3) is 4.13. The van der Waals surface area contributed by atoms with E-state index in [0.29, 0.717) is 41.4 Å². The standard InChI is InChI=1S/C25H32N6O4S/c1-14(2)35-25-21-22-19(11-18(12-26-22)23-15(3)28-29-30(23)5)31(16(4)17-7-9-34-10-8-17)24(21)20(13-27-25)36(6,32)33/h11-14,16-17H,7-10H2,1-6H3/t16-/m1/s1. The zero-order chi connectivity index (χ0) is 25.8. The molecule has 4 aromatic rings. The Morgan fingerprint density at radius 1 is 1.14 bits per heavy atom. The van der Waals surface area contributed by atoms with E-state index < -0.39 is 9.84 Å². The summed E-state index contributed by atoms with van der Waals surface area (Å²) in [7, 11) is -1.74. The molecule has 192 valence electrons.